The van der Waals surface area contributed by atoms with Crippen molar-refractivity contribution in [3.8, 4) is 17.6 Å². The van der Waals surface area contributed by atoms with Gasteiger partial charge in [-0.05, 0) is 13.0 Å². The molecule has 1 aromatic rings. The Kier molecular flexibility index (Phi) is 5.91. The zero-order valence-corrected chi connectivity index (χ0v) is 10.3. The van der Waals surface area contributed by atoms with Crippen LogP contribution < -0.4 is 14.8 Å². The number of nitriles is 1. The summed E-state index contributed by atoms with van der Waals surface area (Å²) >= 11 is 0. The van der Waals surface area contributed by atoms with E-state index in [1.54, 1.807) is 7.11 Å². The van der Waals surface area contributed by atoms with Crippen molar-refractivity contribution < 1.29 is 9.47 Å². The molecule has 0 spiro atoms. The van der Waals surface area contributed by atoms with Crippen LogP contribution in [0, 0.1) is 11.3 Å². The van der Waals surface area contributed by atoms with E-state index >= 15 is 0 Å². The lowest BCUT2D eigenvalue weighted by molar-refractivity contribution is 0.308. The Hall–Kier alpha value is -1.73. The first-order chi connectivity index (χ1) is 8.33. The molecule has 0 amide bonds. The molecule has 0 saturated carbocycles. The molecule has 0 heterocycles. The molecule has 92 valence electrons. The van der Waals surface area contributed by atoms with Gasteiger partial charge in [0.1, 0.15) is 0 Å². The number of nitrogens with zero attached hydrogens (tertiary/aromatic N) is 1. The van der Waals surface area contributed by atoms with Gasteiger partial charge in [0.05, 0.1) is 19.8 Å². The molecule has 1 rings (SSSR count). The maximum absolute atomic E-state index is 8.44. The number of methoxy groups -OCH3 is 1. The summed E-state index contributed by atoms with van der Waals surface area (Å²) in [6, 6.07) is 7.91. The van der Waals surface area contributed by atoms with Gasteiger partial charge >= 0.3 is 0 Å². The van der Waals surface area contributed by atoms with Crippen molar-refractivity contribution in [3.63, 3.8) is 0 Å². The third-order valence-electron chi connectivity index (χ3n) is 2.29. The molecule has 0 saturated heterocycles. The second-order valence-electron chi connectivity index (χ2n) is 3.47. The summed E-state index contributed by atoms with van der Waals surface area (Å²) in [5, 5.41) is 11.6. The summed E-state index contributed by atoms with van der Waals surface area (Å²) in [5.41, 5.74) is 1.04. The molecule has 0 aliphatic carbocycles. The molecule has 0 aliphatic heterocycles. The van der Waals surface area contributed by atoms with Crippen LogP contribution in [0.3, 0.4) is 0 Å². The Morgan fingerprint density at radius 1 is 1.41 bits per heavy atom. The molecule has 0 aromatic heterocycles. The van der Waals surface area contributed by atoms with E-state index in [2.05, 4.69) is 11.4 Å². The zero-order valence-electron chi connectivity index (χ0n) is 10.3. The largest absolute Gasteiger partial charge is 0.493 e. The maximum atomic E-state index is 8.44. The number of benzene rings is 1. The van der Waals surface area contributed by atoms with Gasteiger partial charge in [-0.3, -0.25) is 0 Å². The number of para-hydroxylation sites is 1. The number of hydrogen-bond donors (Lipinski definition) is 1. The van der Waals surface area contributed by atoms with Crippen molar-refractivity contribution in [2.45, 2.75) is 19.9 Å². The predicted molar refractivity (Wildman–Crippen MR) is 66.1 cm³/mol. The molecular formula is C13H18N2O2. The normalized spacial score (nSPS) is 9.71. The quantitative estimate of drug-likeness (QED) is 0.734. The summed E-state index contributed by atoms with van der Waals surface area (Å²) in [6.45, 7) is 3.91. The van der Waals surface area contributed by atoms with Crippen LogP contribution in [0.5, 0.6) is 11.5 Å². The summed E-state index contributed by atoms with van der Waals surface area (Å²) in [5.74, 6) is 1.52. The van der Waals surface area contributed by atoms with Gasteiger partial charge in [0.15, 0.2) is 11.5 Å². The van der Waals surface area contributed by atoms with E-state index in [0.717, 1.165) is 17.1 Å². The van der Waals surface area contributed by atoms with Crippen LogP contribution in [0.1, 0.15) is 18.9 Å². The van der Waals surface area contributed by atoms with Crippen LogP contribution in [-0.2, 0) is 6.54 Å². The van der Waals surface area contributed by atoms with Crippen LogP contribution in [0.25, 0.3) is 0 Å². The topological polar surface area (TPSA) is 54.3 Å². The highest BCUT2D eigenvalue weighted by molar-refractivity contribution is 5.46. The van der Waals surface area contributed by atoms with E-state index in [4.69, 9.17) is 14.7 Å². The van der Waals surface area contributed by atoms with Crippen LogP contribution in [0.15, 0.2) is 18.2 Å². The lowest BCUT2D eigenvalue weighted by Crippen LogP contribution is -2.15. The van der Waals surface area contributed by atoms with Crippen molar-refractivity contribution in [1.82, 2.24) is 5.32 Å². The number of nitrogens with one attached hydrogen (secondary N) is 1. The lowest BCUT2D eigenvalue weighted by atomic mass is 10.2. The Labute approximate surface area is 102 Å². The highest BCUT2D eigenvalue weighted by Crippen LogP contribution is 2.30. The van der Waals surface area contributed by atoms with E-state index in [1.807, 2.05) is 25.1 Å². The van der Waals surface area contributed by atoms with Gasteiger partial charge in [-0.1, -0.05) is 12.1 Å². The second kappa shape index (κ2) is 7.53. The molecule has 0 radical (unpaired) electrons. The number of ether oxygens (including phenoxy) is 2. The molecular weight excluding hydrogens is 216 g/mol. The van der Waals surface area contributed by atoms with Crippen molar-refractivity contribution >= 4 is 0 Å². The van der Waals surface area contributed by atoms with Gasteiger partial charge in [-0.15, -0.1) is 0 Å². The fourth-order valence-corrected chi connectivity index (χ4v) is 1.57. The average molecular weight is 234 g/mol. The SMILES string of the molecule is CCOc1cccc(CNCCC#N)c1OC. The first-order valence-electron chi connectivity index (χ1n) is 5.69. The van der Waals surface area contributed by atoms with Crippen LogP contribution in [0.2, 0.25) is 0 Å². The number of rotatable bonds is 7. The predicted octanol–water partition coefficient (Wildman–Crippen LogP) is 2.10. The van der Waals surface area contributed by atoms with Gasteiger partial charge in [-0.2, -0.15) is 5.26 Å². The van der Waals surface area contributed by atoms with E-state index in [9.17, 15) is 0 Å². The van der Waals surface area contributed by atoms with Gasteiger partial charge in [0.2, 0.25) is 0 Å². The van der Waals surface area contributed by atoms with Crippen molar-refractivity contribution in [1.29, 1.82) is 5.26 Å². The molecule has 4 nitrogen and oxygen atoms in total. The molecule has 0 atom stereocenters. The standard InChI is InChI=1S/C13H18N2O2/c1-3-17-12-7-4-6-11(13(12)16-2)10-15-9-5-8-14/h4,6-7,15H,3,5,9-10H2,1-2H3. The first kappa shape index (κ1) is 13.3. The molecule has 1 aromatic carbocycles. The lowest BCUT2D eigenvalue weighted by Gasteiger charge is -2.13. The summed E-state index contributed by atoms with van der Waals surface area (Å²) in [4.78, 5) is 0. The Morgan fingerprint density at radius 3 is 2.88 bits per heavy atom. The summed E-state index contributed by atoms with van der Waals surface area (Å²) < 4.78 is 10.8. The van der Waals surface area contributed by atoms with Crippen LogP contribution >= 0.6 is 0 Å². The molecule has 1 N–H and O–H groups in total. The smallest absolute Gasteiger partial charge is 0.165 e. The third-order valence-corrected chi connectivity index (χ3v) is 2.29. The van der Waals surface area contributed by atoms with Crippen LogP contribution in [-0.4, -0.2) is 20.3 Å². The van der Waals surface area contributed by atoms with Gasteiger partial charge in [0, 0.05) is 25.1 Å². The average Bonchev–Trinajstić information content (AvgIpc) is 2.35. The second-order valence-corrected chi connectivity index (χ2v) is 3.47. The minimum atomic E-state index is 0.507. The fraction of sp³-hybridized carbons (Fsp3) is 0.462. The van der Waals surface area contributed by atoms with Crippen molar-refractivity contribution in [2.24, 2.45) is 0 Å². The monoisotopic (exact) mass is 234 g/mol. The fourth-order valence-electron chi connectivity index (χ4n) is 1.57. The van der Waals surface area contributed by atoms with Gasteiger partial charge in [0.25, 0.3) is 0 Å². The molecule has 17 heavy (non-hydrogen) atoms. The molecule has 4 heteroatoms. The van der Waals surface area contributed by atoms with Crippen molar-refractivity contribution in [3.05, 3.63) is 23.8 Å². The van der Waals surface area contributed by atoms with Crippen LogP contribution in [0.4, 0.5) is 0 Å². The van der Waals surface area contributed by atoms with Crippen molar-refractivity contribution in [2.75, 3.05) is 20.3 Å². The molecule has 0 bridgehead atoms. The minimum absolute atomic E-state index is 0.507. The van der Waals surface area contributed by atoms with E-state index in [0.29, 0.717) is 26.1 Å². The molecule has 0 unspecified atom stereocenters. The Balaban J connectivity index is 2.70. The Morgan fingerprint density at radius 2 is 2.24 bits per heavy atom. The summed E-state index contributed by atoms with van der Waals surface area (Å²) in [6.07, 6.45) is 0.507. The van der Waals surface area contributed by atoms with Gasteiger partial charge < -0.3 is 14.8 Å². The first-order valence-corrected chi connectivity index (χ1v) is 5.69. The van der Waals surface area contributed by atoms with Gasteiger partial charge in [-0.25, -0.2) is 0 Å². The van der Waals surface area contributed by atoms with E-state index in [-0.39, 0.29) is 0 Å². The highest BCUT2D eigenvalue weighted by atomic mass is 16.5. The van der Waals surface area contributed by atoms with E-state index in [1.165, 1.54) is 0 Å². The third kappa shape index (κ3) is 3.97. The molecule has 0 fully saturated rings. The molecule has 0 aliphatic rings. The minimum Gasteiger partial charge on any atom is -0.493 e. The highest BCUT2D eigenvalue weighted by Gasteiger charge is 2.08. The number of hydrogen-bond acceptors (Lipinski definition) is 4. The van der Waals surface area contributed by atoms with E-state index < -0.39 is 0 Å². The zero-order chi connectivity index (χ0) is 12.5. The Bertz CT molecular complexity index is 385. The summed E-state index contributed by atoms with van der Waals surface area (Å²) in [7, 11) is 1.64. The maximum Gasteiger partial charge on any atom is 0.165 e.